The fraction of sp³-hybridized carbons (Fsp3) is 0.250. The molecule has 0 fully saturated rings. The zero-order valence-electron chi connectivity index (χ0n) is 6.56. The average molecular weight is 166 g/mol. The summed E-state index contributed by atoms with van der Waals surface area (Å²) < 4.78 is 4.98. The van der Waals surface area contributed by atoms with Gasteiger partial charge in [0, 0.05) is 12.4 Å². The molecule has 0 bridgehead atoms. The van der Waals surface area contributed by atoms with Gasteiger partial charge in [-0.2, -0.15) is 0 Å². The summed E-state index contributed by atoms with van der Waals surface area (Å²) in [6.07, 6.45) is 3.34. The van der Waals surface area contributed by atoms with E-state index in [1.54, 1.807) is 12.4 Å². The third kappa shape index (κ3) is 3.12. The summed E-state index contributed by atoms with van der Waals surface area (Å²) in [5, 5.41) is 0. The lowest BCUT2D eigenvalue weighted by molar-refractivity contribution is -0.122. The molecule has 12 heavy (non-hydrogen) atoms. The van der Waals surface area contributed by atoms with Crippen molar-refractivity contribution in [2.24, 2.45) is 5.73 Å². The van der Waals surface area contributed by atoms with Crippen LogP contribution in [-0.4, -0.2) is 17.5 Å². The molecule has 0 saturated carbocycles. The van der Waals surface area contributed by atoms with Crippen molar-refractivity contribution in [3.8, 4) is 0 Å². The molecule has 0 atom stereocenters. The van der Waals surface area contributed by atoms with Crippen LogP contribution >= 0.6 is 0 Å². The first-order valence-electron chi connectivity index (χ1n) is 3.54. The van der Waals surface area contributed by atoms with E-state index < -0.39 is 5.91 Å². The fourth-order valence-electron chi connectivity index (χ4n) is 0.748. The van der Waals surface area contributed by atoms with Gasteiger partial charge in [-0.1, -0.05) is 0 Å². The van der Waals surface area contributed by atoms with Crippen LogP contribution in [0.15, 0.2) is 24.5 Å². The van der Waals surface area contributed by atoms with Crippen molar-refractivity contribution in [3.63, 3.8) is 0 Å². The van der Waals surface area contributed by atoms with Crippen LogP contribution in [0.4, 0.5) is 0 Å². The first-order valence-corrected chi connectivity index (χ1v) is 3.54. The lowest BCUT2D eigenvalue weighted by atomic mass is 10.3. The van der Waals surface area contributed by atoms with Gasteiger partial charge >= 0.3 is 0 Å². The maximum atomic E-state index is 10.3. The van der Waals surface area contributed by atoms with E-state index in [9.17, 15) is 4.79 Å². The number of nitrogens with zero attached hydrogens (tertiary/aromatic N) is 1. The van der Waals surface area contributed by atoms with Crippen LogP contribution in [0.3, 0.4) is 0 Å². The van der Waals surface area contributed by atoms with Crippen LogP contribution < -0.4 is 5.73 Å². The molecule has 64 valence electrons. The minimum atomic E-state index is -0.455. The summed E-state index contributed by atoms with van der Waals surface area (Å²) in [5.41, 5.74) is 5.86. The fourth-order valence-corrected chi connectivity index (χ4v) is 0.748. The molecule has 0 aromatic carbocycles. The number of nitrogens with two attached hydrogens (primary N) is 1. The molecule has 0 aliphatic rings. The Balaban J connectivity index is 2.29. The van der Waals surface area contributed by atoms with Crippen molar-refractivity contribution in [2.75, 3.05) is 6.61 Å². The molecule has 0 aliphatic carbocycles. The number of ether oxygens (including phenoxy) is 1. The molecule has 2 N–H and O–H groups in total. The van der Waals surface area contributed by atoms with E-state index in [-0.39, 0.29) is 6.61 Å². The number of carbonyl (C=O) groups excluding carboxylic acids is 1. The van der Waals surface area contributed by atoms with Crippen molar-refractivity contribution in [3.05, 3.63) is 30.1 Å². The molecule has 0 radical (unpaired) electrons. The number of hydrogen-bond acceptors (Lipinski definition) is 3. The molecule has 1 aromatic heterocycles. The second-order valence-electron chi connectivity index (χ2n) is 2.31. The van der Waals surface area contributed by atoms with Gasteiger partial charge < -0.3 is 10.5 Å². The first-order chi connectivity index (χ1) is 5.79. The normalized spacial score (nSPS) is 9.67. The predicted octanol–water partition coefficient (Wildman–Crippen LogP) is 0.0835. The molecule has 1 rings (SSSR count). The zero-order chi connectivity index (χ0) is 8.81. The molecular formula is C8H10N2O2. The first kappa shape index (κ1) is 8.67. The predicted molar refractivity (Wildman–Crippen MR) is 43.1 cm³/mol. The number of hydrogen-bond donors (Lipinski definition) is 1. The van der Waals surface area contributed by atoms with Crippen molar-refractivity contribution in [2.45, 2.75) is 6.61 Å². The van der Waals surface area contributed by atoms with E-state index >= 15 is 0 Å². The number of primary amides is 1. The van der Waals surface area contributed by atoms with Gasteiger partial charge in [0.1, 0.15) is 6.61 Å². The molecule has 0 unspecified atom stereocenters. The van der Waals surface area contributed by atoms with Gasteiger partial charge in [0.15, 0.2) is 0 Å². The minimum Gasteiger partial charge on any atom is -0.368 e. The summed E-state index contributed by atoms with van der Waals surface area (Å²) in [5.74, 6) is -0.455. The monoisotopic (exact) mass is 166 g/mol. The summed E-state index contributed by atoms with van der Waals surface area (Å²) in [7, 11) is 0. The molecule has 1 amide bonds. The lowest BCUT2D eigenvalue weighted by Gasteiger charge is -2.00. The quantitative estimate of drug-likeness (QED) is 0.689. The topological polar surface area (TPSA) is 65.2 Å². The Labute approximate surface area is 70.4 Å². The van der Waals surface area contributed by atoms with E-state index in [0.717, 1.165) is 5.56 Å². The van der Waals surface area contributed by atoms with Crippen LogP contribution in [0.5, 0.6) is 0 Å². The van der Waals surface area contributed by atoms with Crippen LogP contribution in [0, 0.1) is 0 Å². The molecule has 4 heteroatoms. The standard InChI is InChI=1S/C8H10N2O2/c9-8(11)6-12-5-7-1-3-10-4-2-7/h1-4H,5-6H2,(H2,9,11). The van der Waals surface area contributed by atoms with E-state index in [1.807, 2.05) is 12.1 Å². The average Bonchev–Trinajstić information content (AvgIpc) is 2.05. The number of aromatic nitrogens is 1. The Kier molecular flexibility index (Phi) is 3.22. The summed E-state index contributed by atoms with van der Waals surface area (Å²) in [6.45, 7) is 0.355. The van der Waals surface area contributed by atoms with Crippen LogP contribution in [0.25, 0.3) is 0 Å². The highest BCUT2D eigenvalue weighted by atomic mass is 16.5. The molecular weight excluding hydrogens is 156 g/mol. The molecule has 0 saturated heterocycles. The molecule has 1 heterocycles. The van der Waals surface area contributed by atoms with Crippen LogP contribution in [0.2, 0.25) is 0 Å². The van der Waals surface area contributed by atoms with E-state index in [1.165, 1.54) is 0 Å². The Morgan fingerprint density at radius 1 is 1.50 bits per heavy atom. The lowest BCUT2D eigenvalue weighted by Crippen LogP contribution is -2.17. The maximum absolute atomic E-state index is 10.3. The van der Waals surface area contributed by atoms with E-state index in [2.05, 4.69) is 4.98 Å². The molecule has 0 aliphatic heterocycles. The highest BCUT2D eigenvalue weighted by molar-refractivity contribution is 5.74. The Morgan fingerprint density at radius 3 is 2.75 bits per heavy atom. The van der Waals surface area contributed by atoms with Gasteiger partial charge in [-0.15, -0.1) is 0 Å². The van der Waals surface area contributed by atoms with Crippen LogP contribution in [0.1, 0.15) is 5.56 Å². The third-order valence-corrected chi connectivity index (χ3v) is 1.26. The number of rotatable bonds is 4. The SMILES string of the molecule is NC(=O)COCc1ccncc1. The van der Waals surface area contributed by atoms with Crippen molar-refractivity contribution in [1.82, 2.24) is 4.98 Å². The highest BCUT2D eigenvalue weighted by Gasteiger charge is 1.94. The van der Waals surface area contributed by atoms with Crippen molar-refractivity contribution >= 4 is 5.91 Å². The molecule has 4 nitrogen and oxygen atoms in total. The second kappa shape index (κ2) is 4.46. The molecule has 1 aromatic rings. The maximum Gasteiger partial charge on any atom is 0.243 e. The Hall–Kier alpha value is -1.42. The summed E-state index contributed by atoms with van der Waals surface area (Å²) in [6, 6.07) is 3.64. The van der Waals surface area contributed by atoms with E-state index in [4.69, 9.17) is 10.5 Å². The van der Waals surface area contributed by atoms with Crippen LogP contribution in [-0.2, 0) is 16.1 Å². The smallest absolute Gasteiger partial charge is 0.243 e. The Morgan fingerprint density at radius 2 is 2.17 bits per heavy atom. The number of carbonyl (C=O) groups is 1. The van der Waals surface area contributed by atoms with Gasteiger partial charge in [-0.05, 0) is 17.7 Å². The van der Waals surface area contributed by atoms with Crippen molar-refractivity contribution in [1.29, 1.82) is 0 Å². The van der Waals surface area contributed by atoms with E-state index in [0.29, 0.717) is 6.61 Å². The molecule has 0 spiro atoms. The largest absolute Gasteiger partial charge is 0.368 e. The van der Waals surface area contributed by atoms with Crippen molar-refractivity contribution < 1.29 is 9.53 Å². The Bertz CT molecular complexity index is 248. The number of amides is 1. The minimum absolute atomic E-state index is 0.0394. The second-order valence-corrected chi connectivity index (χ2v) is 2.31. The van der Waals surface area contributed by atoms with Gasteiger partial charge in [0.25, 0.3) is 0 Å². The van der Waals surface area contributed by atoms with Gasteiger partial charge in [-0.25, -0.2) is 0 Å². The highest BCUT2D eigenvalue weighted by Crippen LogP contribution is 1.97. The van der Waals surface area contributed by atoms with Gasteiger partial charge in [-0.3, -0.25) is 9.78 Å². The number of pyridine rings is 1. The summed E-state index contributed by atoms with van der Waals surface area (Å²) in [4.78, 5) is 14.1. The van der Waals surface area contributed by atoms with Gasteiger partial charge in [0.05, 0.1) is 6.61 Å². The third-order valence-electron chi connectivity index (χ3n) is 1.26. The zero-order valence-corrected chi connectivity index (χ0v) is 6.56. The van der Waals surface area contributed by atoms with Gasteiger partial charge in [0.2, 0.25) is 5.91 Å². The summed E-state index contributed by atoms with van der Waals surface area (Å²) >= 11 is 0.